The molecule has 1 rings (SSSR count). The van der Waals surface area contributed by atoms with Gasteiger partial charge in [0.25, 0.3) is 0 Å². The Morgan fingerprint density at radius 3 is 2.55 bits per heavy atom. The largest absolute Gasteiger partial charge is 0.383 e. The van der Waals surface area contributed by atoms with Crippen LogP contribution in [0.3, 0.4) is 0 Å². The molecule has 1 heterocycles. The monoisotopic (exact) mass is 335 g/mol. The van der Waals surface area contributed by atoms with Gasteiger partial charge in [-0.1, -0.05) is 13.8 Å². The van der Waals surface area contributed by atoms with Gasteiger partial charge in [0.1, 0.15) is 0 Å². The van der Waals surface area contributed by atoms with Gasteiger partial charge in [-0.25, -0.2) is 8.42 Å². The van der Waals surface area contributed by atoms with Gasteiger partial charge >= 0.3 is 0 Å². The number of ether oxygens (including phenoxy) is 1. The summed E-state index contributed by atoms with van der Waals surface area (Å²) >= 11 is 0. The number of nitrogens with one attached hydrogen (secondary N) is 1. The fourth-order valence-electron chi connectivity index (χ4n) is 2.71. The van der Waals surface area contributed by atoms with Crippen LogP contribution in [-0.4, -0.2) is 82.8 Å². The highest BCUT2D eigenvalue weighted by atomic mass is 32.2. The third-order valence-corrected chi connectivity index (χ3v) is 5.33. The van der Waals surface area contributed by atoms with Crippen LogP contribution in [0, 0.1) is 11.8 Å². The van der Waals surface area contributed by atoms with E-state index in [9.17, 15) is 13.2 Å². The Hall–Kier alpha value is -0.700. The quantitative estimate of drug-likeness (QED) is 0.653. The number of rotatable bonds is 8. The standard InChI is InChI=1S/C14H29N3O4S/c1-11(2)12-8-17(22(5,19)20)9-13(12)15-14(18)10-16(3)6-7-21-4/h11-13H,6-10H2,1-5H3,(H,15,18)/t12-,13+/m1/s1. The molecule has 1 aliphatic rings. The molecule has 7 nitrogen and oxygen atoms in total. The lowest BCUT2D eigenvalue weighted by Crippen LogP contribution is -2.46. The first-order valence-corrected chi connectivity index (χ1v) is 9.42. The molecule has 0 aliphatic carbocycles. The molecule has 1 aliphatic heterocycles. The molecule has 0 aromatic heterocycles. The predicted octanol–water partition coefficient (Wildman–Crippen LogP) is -0.403. The second-order valence-corrected chi connectivity index (χ2v) is 8.37. The van der Waals surface area contributed by atoms with Crippen molar-refractivity contribution in [3.05, 3.63) is 0 Å². The number of methoxy groups -OCH3 is 1. The normalized spacial score (nSPS) is 23.4. The van der Waals surface area contributed by atoms with E-state index in [0.29, 0.717) is 32.2 Å². The number of carbonyl (C=O) groups excluding carboxylic acids is 1. The highest BCUT2D eigenvalue weighted by Crippen LogP contribution is 2.26. The van der Waals surface area contributed by atoms with E-state index in [1.54, 1.807) is 7.11 Å². The predicted molar refractivity (Wildman–Crippen MR) is 86.0 cm³/mol. The van der Waals surface area contributed by atoms with Gasteiger partial charge < -0.3 is 10.1 Å². The zero-order valence-electron chi connectivity index (χ0n) is 14.2. The van der Waals surface area contributed by atoms with Crippen molar-refractivity contribution >= 4 is 15.9 Å². The lowest BCUT2D eigenvalue weighted by atomic mass is 9.91. The molecule has 22 heavy (non-hydrogen) atoms. The van der Waals surface area contributed by atoms with Crippen molar-refractivity contribution in [3.8, 4) is 0 Å². The van der Waals surface area contributed by atoms with Crippen LogP contribution in [-0.2, 0) is 19.6 Å². The molecule has 0 spiro atoms. The summed E-state index contributed by atoms with van der Waals surface area (Å²) in [6.07, 6.45) is 1.22. The first-order chi connectivity index (χ1) is 10.1. The Morgan fingerprint density at radius 2 is 2.05 bits per heavy atom. The van der Waals surface area contributed by atoms with Gasteiger partial charge in [-0.15, -0.1) is 0 Å². The molecule has 2 atom stereocenters. The van der Waals surface area contributed by atoms with E-state index in [1.165, 1.54) is 10.6 Å². The van der Waals surface area contributed by atoms with E-state index in [2.05, 4.69) is 19.2 Å². The van der Waals surface area contributed by atoms with Crippen molar-refractivity contribution in [2.24, 2.45) is 11.8 Å². The summed E-state index contributed by atoms with van der Waals surface area (Å²) in [5.74, 6) is 0.371. The Morgan fingerprint density at radius 1 is 1.41 bits per heavy atom. The summed E-state index contributed by atoms with van der Waals surface area (Å²) in [7, 11) is 0.264. The number of amides is 1. The molecule has 0 bridgehead atoms. The van der Waals surface area contributed by atoms with E-state index in [-0.39, 0.29) is 24.4 Å². The smallest absolute Gasteiger partial charge is 0.234 e. The van der Waals surface area contributed by atoms with Crippen molar-refractivity contribution < 1.29 is 17.9 Å². The van der Waals surface area contributed by atoms with Crippen LogP contribution in [0.4, 0.5) is 0 Å². The average Bonchev–Trinajstić information content (AvgIpc) is 2.80. The lowest BCUT2D eigenvalue weighted by Gasteiger charge is -2.24. The fourth-order valence-corrected chi connectivity index (χ4v) is 3.59. The number of hydrogen-bond donors (Lipinski definition) is 1. The van der Waals surface area contributed by atoms with Crippen molar-refractivity contribution in [2.75, 3.05) is 53.2 Å². The fraction of sp³-hybridized carbons (Fsp3) is 0.929. The molecular formula is C14H29N3O4S. The minimum Gasteiger partial charge on any atom is -0.383 e. The van der Waals surface area contributed by atoms with Crippen molar-refractivity contribution in [1.29, 1.82) is 0 Å². The van der Waals surface area contributed by atoms with E-state index < -0.39 is 10.0 Å². The highest BCUT2D eigenvalue weighted by Gasteiger charge is 2.39. The molecule has 1 fully saturated rings. The van der Waals surface area contributed by atoms with Crippen LogP contribution in [0.1, 0.15) is 13.8 Å². The summed E-state index contributed by atoms with van der Waals surface area (Å²) in [5.41, 5.74) is 0. The van der Waals surface area contributed by atoms with Gasteiger partial charge in [0.2, 0.25) is 15.9 Å². The van der Waals surface area contributed by atoms with E-state index >= 15 is 0 Å². The SMILES string of the molecule is COCCN(C)CC(=O)N[C@H]1CN(S(C)(=O)=O)C[C@@H]1C(C)C. The third-order valence-electron chi connectivity index (χ3n) is 4.09. The Balaban J connectivity index is 2.60. The number of hydrogen-bond acceptors (Lipinski definition) is 5. The van der Waals surface area contributed by atoms with Gasteiger partial charge in [0.05, 0.1) is 19.4 Å². The first kappa shape index (κ1) is 19.3. The average molecular weight is 335 g/mol. The number of carbonyl (C=O) groups is 1. The molecule has 1 saturated heterocycles. The minimum absolute atomic E-state index is 0.0791. The summed E-state index contributed by atoms with van der Waals surface area (Å²) in [6.45, 7) is 6.47. The summed E-state index contributed by atoms with van der Waals surface area (Å²) in [5, 5.41) is 2.99. The Labute approximate surface area is 134 Å². The Kier molecular flexibility index (Phi) is 7.24. The number of likely N-dealkylation sites (N-methyl/N-ethyl adjacent to an activating group) is 1. The van der Waals surface area contributed by atoms with E-state index in [1.807, 2.05) is 11.9 Å². The zero-order chi connectivity index (χ0) is 16.9. The Bertz CT molecular complexity index is 467. The molecule has 0 unspecified atom stereocenters. The summed E-state index contributed by atoms with van der Waals surface area (Å²) in [6, 6.07) is -0.127. The molecule has 8 heteroatoms. The molecular weight excluding hydrogens is 306 g/mol. The third kappa shape index (κ3) is 5.83. The van der Waals surface area contributed by atoms with Crippen LogP contribution in [0.15, 0.2) is 0 Å². The maximum absolute atomic E-state index is 12.1. The maximum Gasteiger partial charge on any atom is 0.234 e. The van der Waals surface area contributed by atoms with Gasteiger partial charge in [-0.2, -0.15) is 4.31 Å². The molecule has 0 saturated carbocycles. The molecule has 1 amide bonds. The summed E-state index contributed by atoms with van der Waals surface area (Å²) < 4.78 is 29.9. The van der Waals surface area contributed by atoms with Crippen LogP contribution in [0.25, 0.3) is 0 Å². The molecule has 0 radical (unpaired) electrons. The second kappa shape index (κ2) is 8.24. The highest BCUT2D eigenvalue weighted by molar-refractivity contribution is 7.88. The van der Waals surface area contributed by atoms with Gasteiger partial charge in [-0.05, 0) is 18.9 Å². The van der Waals surface area contributed by atoms with E-state index in [4.69, 9.17) is 4.74 Å². The lowest BCUT2D eigenvalue weighted by molar-refractivity contribution is -0.123. The van der Waals surface area contributed by atoms with Gasteiger partial charge in [0.15, 0.2) is 0 Å². The molecule has 1 N–H and O–H groups in total. The molecule has 0 aromatic rings. The molecule has 0 aromatic carbocycles. The molecule has 130 valence electrons. The van der Waals surface area contributed by atoms with E-state index in [0.717, 1.165) is 0 Å². The van der Waals surface area contributed by atoms with Gasteiger partial charge in [-0.3, -0.25) is 9.69 Å². The van der Waals surface area contributed by atoms with Gasteiger partial charge in [0, 0.05) is 32.8 Å². The van der Waals surface area contributed by atoms with Crippen molar-refractivity contribution in [2.45, 2.75) is 19.9 Å². The number of sulfonamides is 1. The summed E-state index contributed by atoms with van der Waals surface area (Å²) in [4.78, 5) is 14.0. The number of nitrogens with zero attached hydrogens (tertiary/aromatic N) is 2. The van der Waals surface area contributed by atoms with Crippen molar-refractivity contribution in [3.63, 3.8) is 0 Å². The first-order valence-electron chi connectivity index (χ1n) is 7.57. The van der Waals surface area contributed by atoms with Crippen molar-refractivity contribution in [1.82, 2.24) is 14.5 Å². The topological polar surface area (TPSA) is 79.0 Å². The van der Waals surface area contributed by atoms with Crippen LogP contribution in [0.5, 0.6) is 0 Å². The van der Waals surface area contributed by atoms with Crippen LogP contribution in [0.2, 0.25) is 0 Å². The zero-order valence-corrected chi connectivity index (χ0v) is 15.0. The van der Waals surface area contributed by atoms with Crippen LogP contribution >= 0.6 is 0 Å². The maximum atomic E-state index is 12.1. The minimum atomic E-state index is -3.22. The van der Waals surface area contributed by atoms with Crippen LogP contribution < -0.4 is 5.32 Å². The second-order valence-electron chi connectivity index (χ2n) is 6.39.